The van der Waals surface area contributed by atoms with E-state index in [1.807, 2.05) is 20.0 Å². The van der Waals surface area contributed by atoms with Crippen molar-refractivity contribution in [2.24, 2.45) is 0 Å². The van der Waals surface area contributed by atoms with Crippen LogP contribution in [-0.2, 0) is 13.0 Å². The van der Waals surface area contributed by atoms with E-state index >= 15 is 0 Å². The average Bonchev–Trinajstić information content (AvgIpc) is 2.71. The molecule has 0 unspecified atom stereocenters. The van der Waals surface area contributed by atoms with Crippen LogP contribution in [0.5, 0.6) is 0 Å². The van der Waals surface area contributed by atoms with Crippen LogP contribution in [0.2, 0.25) is 0 Å². The molecule has 0 amide bonds. The molecule has 0 aliphatic heterocycles. The monoisotopic (exact) mass is 358 g/mol. The summed E-state index contributed by atoms with van der Waals surface area (Å²) in [5.41, 5.74) is 7.52. The van der Waals surface area contributed by atoms with E-state index in [0.29, 0.717) is 6.54 Å². The first kappa shape index (κ1) is 18.6. The van der Waals surface area contributed by atoms with Gasteiger partial charge < -0.3 is 10.6 Å². The molecule has 0 saturated carbocycles. The zero-order valence-corrected chi connectivity index (χ0v) is 16.2. The third-order valence-corrected chi connectivity index (χ3v) is 4.53. The van der Waals surface area contributed by atoms with Crippen LogP contribution in [0.15, 0.2) is 61.2 Å². The Labute approximate surface area is 161 Å². The highest BCUT2D eigenvalue weighted by Gasteiger charge is 2.04. The van der Waals surface area contributed by atoms with Gasteiger partial charge >= 0.3 is 0 Å². The highest BCUT2D eigenvalue weighted by molar-refractivity contribution is 5.70. The molecular formula is C23H26N4. The average molecular weight is 358 g/mol. The lowest BCUT2D eigenvalue weighted by Crippen LogP contribution is -2.13. The summed E-state index contributed by atoms with van der Waals surface area (Å²) in [6.07, 6.45) is 0.911. The summed E-state index contributed by atoms with van der Waals surface area (Å²) in [4.78, 5) is 8.92. The summed E-state index contributed by atoms with van der Waals surface area (Å²) in [6.45, 7) is 8.84. The first-order valence-corrected chi connectivity index (χ1v) is 9.24. The summed E-state index contributed by atoms with van der Waals surface area (Å²) >= 11 is 0. The number of rotatable bonds is 7. The van der Waals surface area contributed by atoms with Crippen molar-refractivity contribution in [3.05, 3.63) is 84.0 Å². The van der Waals surface area contributed by atoms with Crippen molar-refractivity contribution in [3.8, 4) is 11.1 Å². The first-order valence-electron chi connectivity index (χ1n) is 9.24. The van der Waals surface area contributed by atoms with E-state index < -0.39 is 0 Å². The van der Waals surface area contributed by atoms with Gasteiger partial charge in [-0.1, -0.05) is 49.9 Å². The van der Waals surface area contributed by atoms with E-state index in [1.54, 1.807) is 0 Å². The Balaban J connectivity index is 1.66. The Morgan fingerprint density at radius 2 is 1.52 bits per heavy atom. The highest BCUT2D eigenvalue weighted by Crippen LogP contribution is 2.23. The molecule has 2 N–H and O–H groups in total. The van der Waals surface area contributed by atoms with E-state index in [0.717, 1.165) is 40.6 Å². The molecule has 0 fully saturated rings. The van der Waals surface area contributed by atoms with Crippen molar-refractivity contribution < 1.29 is 0 Å². The van der Waals surface area contributed by atoms with Gasteiger partial charge in [0, 0.05) is 24.1 Å². The number of aromatic nitrogens is 2. The molecule has 0 atom stereocenters. The summed E-state index contributed by atoms with van der Waals surface area (Å²) in [7, 11) is 1.92. The van der Waals surface area contributed by atoms with Crippen molar-refractivity contribution in [1.29, 1.82) is 0 Å². The lowest BCUT2D eigenvalue weighted by molar-refractivity contribution is 0.816. The summed E-state index contributed by atoms with van der Waals surface area (Å²) in [5, 5.41) is 6.51. The number of hydrogen-bond acceptors (Lipinski definition) is 4. The van der Waals surface area contributed by atoms with Gasteiger partial charge in [0.05, 0.1) is 12.2 Å². The molecule has 0 saturated heterocycles. The van der Waals surface area contributed by atoms with Crippen LogP contribution in [0.3, 0.4) is 0 Å². The number of nitrogens with zero attached hydrogens (tertiary/aromatic N) is 2. The highest BCUT2D eigenvalue weighted by atomic mass is 14.9. The molecule has 1 heterocycles. The molecule has 3 aromatic rings. The Hall–Kier alpha value is -3.14. The van der Waals surface area contributed by atoms with Crippen molar-refractivity contribution in [2.75, 3.05) is 12.4 Å². The maximum atomic E-state index is 4.50. The van der Waals surface area contributed by atoms with Gasteiger partial charge in [-0.15, -0.1) is 0 Å². The molecule has 138 valence electrons. The van der Waals surface area contributed by atoms with Crippen LogP contribution in [0.1, 0.15) is 29.7 Å². The standard InChI is InChI=1S/C23H26N4/c1-5-21-14-23(27-17(3)26-21)15-25-16(2)18-6-8-19(9-7-18)20-10-12-22(24-4)13-11-20/h6-14,24-25H,2,5,15H2,1,3-4H3. The van der Waals surface area contributed by atoms with Crippen LogP contribution < -0.4 is 10.6 Å². The van der Waals surface area contributed by atoms with Crippen LogP contribution in [0, 0.1) is 6.92 Å². The second kappa shape index (κ2) is 8.49. The van der Waals surface area contributed by atoms with E-state index in [2.05, 4.69) is 82.6 Å². The third kappa shape index (κ3) is 4.73. The minimum absolute atomic E-state index is 0.641. The van der Waals surface area contributed by atoms with Crippen LogP contribution in [-0.4, -0.2) is 17.0 Å². The zero-order chi connectivity index (χ0) is 19.2. The Bertz CT molecular complexity index is 912. The van der Waals surface area contributed by atoms with Crippen LogP contribution >= 0.6 is 0 Å². The molecule has 4 nitrogen and oxygen atoms in total. The van der Waals surface area contributed by atoms with Gasteiger partial charge in [0.1, 0.15) is 5.82 Å². The molecule has 0 bridgehead atoms. The summed E-state index contributed by atoms with van der Waals surface area (Å²) in [5.74, 6) is 0.811. The van der Waals surface area contributed by atoms with E-state index in [-0.39, 0.29) is 0 Å². The van der Waals surface area contributed by atoms with Crippen molar-refractivity contribution in [1.82, 2.24) is 15.3 Å². The van der Waals surface area contributed by atoms with Crippen molar-refractivity contribution in [3.63, 3.8) is 0 Å². The largest absolute Gasteiger partial charge is 0.388 e. The quantitative estimate of drug-likeness (QED) is 0.636. The molecule has 2 aromatic carbocycles. The van der Waals surface area contributed by atoms with Crippen LogP contribution in [0.25, 0.3) is 16.8 Å². The van der Waals surface area contributed by atoms with Gasteiger partial charge in [-0.3, -0.25) is 0 Å². The fourth-order valence-corrected chi connectivity index (χ4v) is 2.96. The summed E-state index contributed by atoms with van der Waals surface area (Å²) in [6, 6.07) is 18.9. The molecule has 3 rings (SSSR count). The number of benzene rings is 2. The van der Waals surface area contributed by atoms with E-state index in [1.165, 1.54) is 11.1 Å². The molecule has 0 aliphatic rings. The number of aryl methyl sites for hydroxylation is 2. The molecule has 27 heavy (non-hydrogen) atoms. The molecule has 0 spiro atoms. The Morgan fingerprint density at radius 3 is 2.11 bits per heavy atom. The maximum absolute atomic E-state index is 4.50. The van der Waals surface area contributed by atoms with Gasteiger partial charge in [-0.05, 0) is 48.2 Å². The minimum Gasteiger partial charge on any atom is -0.388 e. The molecule has 4 heteroatoms. The second-order valence-corrected chi connectivity index (χ2v) is 6.49. The smallest absolute Gasteiger partial charge is 0.125 e. The third-order valence-electron chi connectivity index (χ3n) is 4.53. The van der Waals surface area contributed by atoms with Gasteiger partial charge in [0.2, 0.25) is 0 Å². The fraction of sp³-hybridized carbons (Fsp3) is 0.217. The lowest BCUT2D eigenvalue weighted by atomic mass is 10.0. The maximum Gasteiger partial charge on any atom is 0.125 e. The first-order chi connectivity index (χ1) is 13.1. The lowest BCUT2D eigenvalue weighted by Gasteiger charge is -2.11. The van der Waals surface area contributed by atoms with Crippen molar-refractivity contribution in [2.45, 2.75) is 26.8 Å². The summed E-state index contributed by atoms with van der Waals surface area (Å²) < 4.78 is 0. The molecule has 0 radical (unpaired) electrons. The minimum atomic E-state index is 0.641. The van der Waals surface area contributed by atoms with E-state index in [4.69, 9.17) is 0 Å². The van der Waals surface area contributed by atoms with Gasteiger partial charge in [0.25, 0.3) is 0 Å². The molecule has 1 aromatic heterocycles. The number of anilines is 1. The second-order valence-electron chi connectivity index (χ2n) is 6.49. The normalized spacial score (nSPS) is 10.5. The van der Waals surface area contributed by atoms with Gasteiger partial charge in [-0.2, -0.15) is 0 Å². The van der Waals surface area contributed by atoms with Crippen molar-refractivity contribution >= 4 is 11.4 Å². The van der Waals surface area contributed by atoms with Gasteiger partial charge in [0.15, 0.2) is 0 Å². The van der Waals surface area contributed by atoms with Gasteiger partial charge in [-0.25, -0.2) is 9.97 Å². The topological polar surface area (TPSA) is 49.8 Å². The number of nitrogens with one attached hydrogen (secondary N) is 2. The van der Waals surface area contributed by atoms with E-state index in [9.17, 15) is 0 Å². The molecular weight excluding hydrogens is 332 g/mol. The Kier molecular flexibility index (Phi) is 5.87. The Morgan fingerprint density at radius 1 is 0.926 bits per heavy atom. The van der Waals surface area contributed by atoms with Crippen LogP contribution in [0.4, 0.5) is 5.69 Å². The zero-order valence-electron chi connectivity index (χ0n) is 16.2. The predicted molar refractivity (Wildman–Crippen MR) is 113 cm³/mol. The number of hydrogen-bond donors (Lipinski definition) is 2. The molecule has 0 aliphatic carbocycles. The fourth-order valence-electron chi connectivity index (χ4n) is 2.96. The SMILES string of the molecule is C=C(NCc1cc(CC)nc(C)n1)c1ccc(-c2ccc(NC)cc2)cc1. The predicted octanol–water partition coefficient (Wildman–Crippen LogP) is 4.82.